The number of ether oxygens (including phenoxy) is 1. The van der Waals surface area contributed by atoms with E-state index in [9.17, 15) is 9.90 Å². The van der Waals surface area contributed by atoms with Gasteiger partial charge in [-0.2, -0.15) is 0 Å². The number of aliphatic hydroxyl groups excluding tert-OH is 1. The molecule has 110 valence electrons. The second-order valence-electron chi connectivity index (χ2n) is 5.34. The number of β-amino-alcohol motifs (C(OH)–C–C–N with tert-alkyl or cyclic N) is 1. The van der Waals surface area contributed by atoms with Crippen LogP contribution in [0.1, 0.15) is 18.4 Å². The van der Waals surface area contributed by atoms with E-state index in [-0.39, 0.29) is 18.6 Å². The molecule has 0 bridgehead atoms. The molecule has 2 atom stereocenters. The molecule has 1 amide bonds. The molecule has 0 saturated carbocycles. The fourth-order valence-corrected chi connectivity index (χ4v) is 2.59. The third kappa shape index (κ3) is 3.95. The van der Waals surface area contributed by atoms with Gasteiger partial charge in [0.2, 0.25) is 5.91 Å². The van der Waals surface area contributed by atoms with E-state index in [4.69, 9.17) is 10.5 Å². The monoisotopic (exact) mass is 278 g/mol. The second kappa shape index (κ2) is 6.72. The van der Waals surface area contributed by atoms with Crippen LogP contribution in [-0.2, 0) is 4.79 Å². The van der Waals surface area contributed by atoms with Gasteiger partial charge in [-0.15, -0.1) is 0 Å². The molecule has 0 spiro atoms. The van der Waals surface area contributed by atoms with Gasteiger partial charge in [0.25, 0.3) is 0 Å². The van der Waals surface area contributed by atoms with E-state index in [0.717, 1.165) is 30.7 Å². The summed E-state index contributed by atoms with van der Waals surface area (Å²) in [6.07, 6.45) is 1.09. The smallest absolute Gasteiger partial charge is 0.234 e. The third-order valence-corrected chi connectivity index (χ3v) is 3.57. The Balaban J connectivity index is 1.80. The minimum atomic E-state index is -0.629. The Kier molecular flexibility index (Phi) is 4.98. The van der Waals surface area contributed by atoms with Crippen LogP contribution in [0.2, 0.25) is 0 Å². The summed E-state index contributed by atoms with van der Waals surface area (Å²) in [4.78, 5) is 13.2. The van der Waals surface area contributed by atoms with Gasteiger partial charge in [-0.1, -0.05) is 12.1 Å². The first kappa shape index (κ1) is 14.8. The van der Waals surface area contributed by atoms with E-state index in [1.54, 1.807) is 0 Å². The van der Waals surface area contributed by atoms with Crippen molar-refractivity contribution in [2.24, 2.45) is 5.73 Å². The van der Waals surface area contributed by atoms with Crippen molar-refractivity contribution < 1.29 is 14.6 Å². The highest BCUT2D eigenvalue weighted by molar-refractivity contribution is 5.80. The summed E-state index contributed by atoms with van der Waals surface area (Å²) in [7, 11) is 0. The number of hydrogen-bond donors (Lipinski definition) is 2. The highest BCUT2D eigenvalue weighted by atomic mass is 16.5. The summed E-state index contributed by atoms with van der Waals surface area (Å²) in [6.45, 7) is 3.42. The summed E-state index contributed by atoms with van der Waals surface area (Å²) < 4.78 is 5.56. The maximum absolute atomic E-state index is 11.3. The number of likely N-dealkylation sites (tertiary alicyclic amines) is 1. The van der Waals surface area contributed by atoms with Gasteiger partial charge in [-0.05, 0) is 44.0 Å². The molecule has 1 aromatic carbocycles. The number of aliphatic hydroxyl groups is 1. The van der Waals surface area contributed by atoms with Crippen LogP contribution in [0, 0.1) is 6.92 Å². The minimum Gasteiger partial charge on any atom is -0.491 e. The largest absolute Gasteiger partial charge is 0.491 e. The van der Waals surface area contributed by atoms with Gasteiger partial charge >= 0.3 is 0 Å². The number of primary amides is 1. The highest BCUT2D eigenvalue weighted by Crippen LogP contribution is 2.17. The van der Waals surface area contributed by atoms with Crippen molar-refractivity contribution in [2.45, 2.75) is 31.9 Å². The molecule has 0 aliphatic carbocycles. The van der Waals surface area contributed by atoms with E-state index in [1.165, 1.54) is 0 Å². The zero-order chi connectivity index (χ0) is 14.5. The van der Waals surface area contributed by atoms with Crippen molar-refractivity contribution in [1.29, 1.82) is 0 Å². The summed E-state index contributed by atoms with van der Waals surface area (Å²) in [5.41, 5.74) is 6.47. The molecule has 1 saturated heterocycles. The Labute approximate surface area is 119 Å². The van der Waals surface area contributed by atoms with E-state index < -0.39 is 6.10 Å². The topological polar surface area (TPSA) is 75.8 Å². The summed E-state index contributed by atoms with van der Waals surface area (Å²) >= 11 is 0. The molecule has 0 aromatic heterocycles. The summed E-state index contributed by atoms with van der Waals surface area (Å²) in [5, 5.41) is 10.0. The predicted octanol–water partition coefficient (Wildman–Crippen LogP) is 0.684. The van der Waals surface area contributed by atoms with Gasteiger partial charge in [0.05, 0.1) is 6.04 Å². The Bertz CT molecular complexity index is 464. The number of amides is 1. The van der Waals surface area contributed by atoms with Gasteiger partial charge < -0.3 is 15.6 Å². The molecule has 2 rings (SSSR count). The van der Waals surface area contributed by atoms with Gasteiger partial charge in [0.15, 0.2) is 0 Å². The van der Waals surface area contributed by atoms with Crippen molar-refractivity contribution in [2.75, 3.05) is 19.7 Å². The van der Waals surface area contributed by atoms with Crippen LogP contribution in [0.5, 0.6) is 5.75 Å². The van der Waals surface area contributed by atoms with Crippen LogP contribution in [0.25, 0.3) is 0 Å². The van der Waals surface area contributed by atoms with Gasteiger partial charge in [-0.3, -0.25) is 9.69 Å². The SMILES string of the molecule is Cc1cccc(OCC(O)CN2CCCC2C(N)=O)c1. The predicted molar refractivity (Wildman–Crippen MR) is 76.5 cm³/mol. The first-order valence-corrected chi connectivity index (χ1v) is 6.97. The van der Waals surface area contributed by atoms with Gasteiger partial charge in [0.1, 0.15) is 18.5 Å². The van der Waals surface area contributed by atoms with E-state index in [0.29, 0.717) is 6.54 Å². The first-order valence-electron chi connectivity index (χ1n) is 6.97. The van der Waals surface area contributed by atoms with Crippen LogP contribution in [-0.4, -0.2) is 47.8 Å². The van der Waals surface area contributed by atoms with Crippen molar-refractivity contribution in [1.82, 2.24) is 4.90 Å². The number of benzene rings is 1. The number of rotatable bonds is 6. The zero-order valence-electron chi connectivity index (χ0n) is 11.8. The lowest BCUT2D eigenvalue weighted by molar-refractivity contribution is -0.122. The van der Waals surface area contributed by atoms with Crippen molar-refractivity contribution in [3.05, 3.63) is 29.8 Å². The normalized spacial score (nSPS) is 20.8. The highest BCUT2D eigenvalue weighted by Gasteiger charge is 2.30. The van der Waals surface area contributed by atoms with Crippen LogP contribution in [0.4, 0.5) is 0 Å². The van der Waals surface area contributed by atoms with Crippen LogP contribution >= 0.6 is 0 Å². The maximum Gasteiger partial charge on any atom is 0.234 e. The molecule has 20 heavy (non-hydrogen) atoms. The lowest BCUT2D eigenvalue weighted by atomic mass is 10.2. The standard InChI is InChI=1S/C15H22N2O3/c1-11-4-2-5-13(8-11)20-10-12(18)9-17-7-3-6-14(17)15(16)19/h2,4-5,8,12,14,18H,3,6-7,9-10H2,1H3,(H2,16,19). The molecular weight excluding hydrogens is 256 g/mol. The Morgan fingerprint density at radius 1 is 1.60 bits per heavy atom. The molecule has 1 aliphatic heterocycles. The number of hydrogen-bond acceptors (Lipinski definition) is 4. The second-order valence-corrected chi connectivity index (χ2v) is 5.34. The van der Waals surface area contributed by atoms with Gasteiger partial charge in [0, 0.05) is 6.54 Å². The first-order chi connectivity index (χ1) is 9.56. The molecule has 3 N–H and O–H groups in total. The van der Waals surface area contributed by atoms with Crippen molar-refractivity contribution in [3.8, 4) is 5.75 Å². The van der Waals surface area contributed by atoms with Crippen LogP contribution in [0.15, 0.2) is 24.3 Å². The lowest BCUT2D eigenvalue weighted by Crippen LogP contribution is -2.44. The third-order valence-electron chi connectivity index (χ3n) is 3.57. The quantitative estimate of drug-likeness (QED) is 0.802. The van der Waals surface area contributed by atoms with E-state index >= 15 is 0 Å². The maximum atomic E-state index is 11.3. The number of nitrogens with zero attached hydrogens (tertiary/aromatic N) is 1. The molecule has 1 aliphatic rings. The van der Waals surface area contributed by atoms with Crippen LogP contribution < -0.4 is 10.5 Å². The fourth-order valence-electron chi connectivity index (χ4n) is 2.59. The Hall–Kier alpha value is -1.59. The van der Waals surface area contributed by atoms with Crippen molar-refractivity contribution in [3.63, 3.8) is 0 Å². The molecule has 0 radical (unpaired) electrons. The average Bonchev–Trinajstić information content (AvgIpc) is 2.85. The molecule has 5 heteroatoms. The van der Waals surface area contributed by atoms with E-state index in [1.807, 2.05) is 36.1 Å². The molecule has 1 heterocycles. The number of aryl methyl sites for hydroxylation is 1. The van der Waals surface area contributed by atoms with Crippen molar-refractivity contribution >= 4 is 5.91 Å². The zero-order valence-corrected chi connectivity index (χ0v) is 11.8. The average molecular weight is 278 g/mol. The molecule has 2 unspecified atom stereocenters. The van der Waals surface area contributed by atoms with Gasteiger partial charge in [-0.25, -0.2) is 0 Å². The summed E-state index contributed by atoms with van der Waals surface area (Å²) in [6, 6.07) is 7.45. The molecule has 1 aromatic rings. The number of carbonyl (C=O) groups is 1. The minimum absolute atomic E-state index is 0.214. The van der Waals surface area contributed by atoms with E-state index in [2.05, 4.69) is 0 Å². The molecule has 1 fully saturated rings. The fraction of sp³-hybridized carbons (Fsp3) is 0.533. The Morgan fingerprint density at radius 3 is 3.10 bits per heavy atom. The summed E-state index contributed by atoms with van der Waals surface area (Å²) in [5.74, 6) is 0.436. The Morgan fingerprint density at radius 2 is 2.40 bits per heavy atom. The molecule has 5 nitrogen and oxygen atoms in total. The number of carbonyl (C=O) groups excluding carboxylic acids is 1. The number of nitrogens with two attached hydrogens (primary N) is 1. The molecular formula is C15H22N2O3. The lowest BCUT2D eigenvalue weighted by Gasteiger charge is -2.24. The van der Waals surface area contributed by atoms with Crippen LogP contribution in [0.3, 0.4) is 0 Å².